The molecule has 188 valence electrons. The lowest BCUT2D eigenvalue weighted by molar-refractivity contribution is -0.160. The van der Waals surface area contributed by atoms with E-state index in [4.69, 9.17) is 0 Å². The maximum Gasteiger partial charge on any atom is 0.323 e. The summed E-state index contributed by atoms with van der Waals surface area (Å²) >= 11 is 0. The van der Waals surface area contributed by atoms with Gasteiger partial charge >= 0.3 is 6.03 Å². The summed E-state index contributed by atoms with van der Waals surface area (Å²) in [6.07, 6.45) is 8.49. The van der Waals surface area contributed by atoms with E-state index in [1.807, 2.05) is 35.2 Å². The largest absolute Gasteiger partial charge is 0.330 e. The first-order valence-electron chi connectivity index (χ1n) is 13.3. The normalized spacial score (nSPS) is 30.2. The molecule has 4 bridgehead atoms. The predicted molar refractivity (Wildman–Crippen MR) is 139 cm³/mol. The van der Waals surface area contributed by atoms with Gasteiger partial charge in [-0.15, -0.1) is 0 Å². The first-order chi connectivity index (χ1) is 17.5. The van der Waals surface area contributed by atoms with Gasteiger partial charge in [0.25, 0.3) is 0 Å². The fourth-order valence-corrected chi connectivity index (χ4v) is 7.67. The van der Waals surface area contributed by atoms with Gasteiger partial charge < -0.3 is 20.9 Å². The van der Waals surface area contributed by atoms with Gasteiger partial charge in [0, 0.05) is 23.6 Å². The van der Waals surface area contributed by atoms with Crippen molar-refractivity contribution in [2.24, 2.45) is 23.2 Å². The minimum atomic E-state index is -0.427. The summed E-state index contributed by atoms with van der Waals surface area (Å²) in [6, 6.07) is 15.6. The molecule has 36 heavy (non-hydrogen) atoms. The van der Waals surface area contributed by atoms with Gasteiger partial charge in [0.1, 0.15) is 6.04 Å². The zero-order chi connectivity index (χ0) is 24.7. The minimum absolute atomic E-state index is 0.142. The summed E-state index contributed by atoms with van der Waals surface area (Å²) in [7, 11) is 0. The van der Waals surface area contributed by atoms with Crippen LogP contribution in [0.5, 0.6) is 0 Å². The van der Waals surface area contributed by atoms with Gasteiger partial charge in [-0.2, -0.15) is 0 Å². The van der Waals surface area contributed by atoms with Crippen molar-refractivity contribution in [3.63, 3.8) is 0 Å². The van der Waals surface area contributed by atoms with E-state index < -0.39 is 6.04 Å². The molecule has 0 radical (unpaired) electrons. The molecule has 4 aliphatic carbocycles. The molecule has 7 rings (SSSR count). The number of anilines is 3. The summed E-state index contributed by atoms with van der Waals surface area (Å²) in [4.78, 5) is 41.4. The molecule has 1 aliphatic heterocycles. The Hall–Kier alpha value is -3.35. The quantitative estimate of drug-likeness (QED) is 0.523. The van der Waals surface area contributed by atoms with Gasteiger partial charge in [0.15, 0.2) is 0 Å². The lowest BCUT2D eigenvalue weighted by atomic mass is 9.49. The summed E-state index contributed by atoms with van der Waals surface area (Å²) in [5.74, 6) is 2.18. The molecule has 4 amide bonds. The minimum Gasteiger partial charge on any atom is -0.330 e. The average molecular weight is 487 g/mol. The van der Waals surface area contributed by atoms with Gasteiger partial charge in [0.05, 0.1) is 5.41 Å². The number of nitrogens with zero attached hydrogens (tertiary/aromatic N) is 1. The topological polar surface area (TPSA) is 90.5 Å². The summed E-state index contributed by atoms with van der Waals surface area (Å²) in [5.41, 5.74) is 1.65. The number of para-hydroxylation sites is 1. The SMILES string of the molecule is O=C(Nc1ccccc1)Nc1cccc(NC(=O)C2CCCN2C(=O)C23CC4CC(CC(C4)C2)C3)c1. The highest BCUT2D eigenvalue weighted by atomic mass is 16.2. The van der Waals surface area contributed by atoms with Gasteiger partial charge in [0.2, 0.25) is 11.8 Å². The Kier molecular flexibility index (Phi) is 5.94. The first-order valence-corrected chi connectivity index (χ1v) is 13.3. The van der Waals surface area contributed by atoms with Crippen LogP contribution in [0.4, 0.5) is 21.9 Å². The Morgan fingerprint density at radius 1 is 0.750 bits per heavy atom. The fraction of sp³-hybridized carbons (Fsp3) is 0.483. The predicted octanol–water partition coefficient (Wildman–Crippen LogP) is 5.48. The first kappa shape index (κ1) is 23.1. The third kappa shape index (κ3) is 4.47. The molecule has 5 fully saturated rings. The van der Waals surface area contributed by atoms with Gasteiger partial charge in [-0.1, -0.05) is 24.3 Å². The number of likely N-dealkylation sites (tertiary alicyclic amines) is 1. The summed E-state index contributed by atoms with van der Waals surface area (Å²) in [6.45, 7) is 0.667. The molecule has 0 aromatic heterocycles. The Morgan fingerprint density at radius 3 is 2.00 bits per heavy atom. The van der Waals surface area contributed by atoms with Crippen molar-refractivity contribution >= 4 is 34.9 Å². The molecule has 0 spiro atoms. The number of hydrogen-bond acceptors (Lipinski definition) is 3. The smallest absolute Gasteiger partial charge is 0.323 e. The highest BCUT2D eigenvalue weighted by molar-refractivity contribution is 6.01. The van der Waals surface area contributed by atoms with Gasteiger partial charge in [-0.3, -0.25) is 9.59 Å². The number of amides is 4. The van der Waals surface area contributed by atoms with E-state index in [9.17, 15) is 14.4 Å². The second-order valence-corrected chi connectivity index (χ2v) is 11.4. The van der Waals surface area contributed by atoms with Crippen molar-refractivity contribution in [2.75, 3.05) is 22.5 Å². The van der Waals surface area contributed by atoms with Crippen LogP contribution in [0.3, 0.4) is 0 Å². The third-order valence-electron chi connectivity index (χ3n) is 8.73. The monoisotopic (exact) mass is 486 g/mol. The van der Waals surface area contributed by atoms with Crippen molar-refractivity contribution in [3.8, 4) is 0 Å². The molecule has 1 saturated heterocycles. The van der Waals surface area contributed by atoms with Crippen molar-refractivity contribution < 1.29 is 14.4 Å². The summed E-state index contributed by atoms with van der Waals surface area (Å²) < 4.78 is 0. The molecule has 2 aromatic carbocycles. The number of benzene rings is 2. The van der Waals surface area contributed by atoms with Crippen molar-refractivity contribution in [3.05, 3.63) is 54.6 Å². The third-order valence-corrected chi connectivity index (χ3v) is 8.73. The van der Waals surface area contributed by atoms with Crippen LogP contribution in [-0.2, 0) is 9.59 Å². The van der Waals surface area contributed by atoms with Crippen LogP contribution in [-0.4, -0.2) is 35.3 Å². The maximum absolute atomic E-state index is 13.9. The molecule has 4 saturated carbocycles. The zero-order valence-electron chi connectivity index (χ0n) is 20.5. The molecular weight excluding hydrogens is 452 g/mol. The van der Waals surface area contributed by atoms with Crippen LogP contribution in [0.25, 0.3) is 0 Å². The van der Waals surface area contributed by atoms with Crippen LogP contribution >= 0.6 is 0 Å². The van der Waals surface area contributed by atoms with Crippen LogP contribution in [0.2, 0.25) is 0 Å². The van der Waals surface area contributed by atoms with E-state index >= 15 is 0 Å². The zero-order valence-corrected chi connectivity index (χ0v) is 20.5. The standard InChI is InChI=1S/C29H34N4O3/c34-26(30-23-8-4-9-24(15-23)32-28(36)31-22-6-2-1-3-7-22)25-10-5-11-33(25)27(35)29-16-19-12-20(17-29)14-21(13-19)18-29/h1-4,6-9,15,19-21,25H,5,10-14,16-18H2,(H,30,34)(H2,31,32,36). The van der Waals surface area contributed by atoms with E-state index in [1.165, 1.54) is 19.3 Å². The van der Waals surface area contributed by atoms with E-state index in [0.717, 1.165) is 25.7 Å². The second-order valence-electron chi connectivity index (χ2n) is 11.4. The Labute approximate surface area is 212 Å². The lowest BCUT2D eigenvalue weighted by Gasteiger charge is -2.56. The van der Waals surface area contributed by atoms with E-state index in [2.05, 4.69) is 16.0 Å². The lowest BCUT2D eigenvalue weighted by Crippen LogP contribution is -2.56. The molecule has 7 nitrogen and oxygen atoms in total. The Balaban J connectivity index is 1.10. The number of urea groups is 1. The number of carbonyl (C=O) groups is 3. The highest BCUT2D eigenvalue weighted by Gasteiger charge is 2.56. The van der Waals surface area contributed by atoms with Crippen LogP contribution < -0.4 is 16.0 Å². The molecular formula is C29H34N4O3. The number of rotatable bonds is 5. The fourth-order valence-electron chi connectivity index (χ4n) is 7.67. The van der Waals surface area contributed by atoms with Crippen LogP contribution in [0.15, 0.2) is 54.6 Å². The van der Waals surface area contributed by atoms with E-state index in [0.29, 0.717) is 47.8 Å². The molecule has 2 aromatic rings. The molecule has 1 atom stereocenters. The maximum atomic E-state index is 13.9. The number of nitrogens with one attached hydrogen (secondary N) is 3. The Morgan fingerprint density at radius 2 is 1.33 bits per heavy atom. The van der Waals surface area contributed by atoms with Crippen LogP contribution in [0, 0.1) is 23.2 Å². The molecule has 1 unspecified atom stereocenters. The molecule has 1 heterocycles. The molecule has 5 aliphatic rings. The van der Waals surface area contributed by atoms with Gasteiger partial charge in [-0.25, -0.2) is 4.79 Å². The average Bonchev–Trinajstić information content (AvgIpc) is 3.33. The van der Waals surface area contributed by atoms with Crippen LogP contribution in [0.1, 0.15) is 51.4 Å². The highest BCUT2D eigenvalue weighted by Crippen LogP contribution is 2.60. The number of carbonyl (C=O) groups excluding carboxylic acids is 3. The Bertz CT molecular complexity index is 1130. The second kappa shape index (κ2) is 9.26. The summed E-state index contributed by atoms with van der Waals surface area (Å²) in [5, 5.41) is 8.60. The van der Waals surface area contributed by atoms with E-state index in [1.54, 1.807) is 24.3 Å². The van der Waals surface area contributed by atoms with Crippen molar-refractivity contribution in [1.29, 1.82) is 0 Å². The molecule has 7 heteroatoms. The van der Waals surface area contributed by atoms with Gasteiger partial charge in [-0.05, 0) is 99.5 Å². The number of hydrogen-bond donors (Lipinski definition) is 3. The van der Waals surface area contributed by atoms with E-state index in [-0.39, 0.29) is 23.3 Å². The van der Waals surface area contributed by atoms with Crippen molar-refractivity contribution in [1.82, 2.24) is 4.90 Å². The van der Waals surface area contributed by atoms with Crippen molar-refractivity contribution in [2.45, 2.75) is 57.4 Å². The molecule has 3 N–H and O–H groups in total.